The maximum absolute atomic E-state index is 12.2. The smallest absolute Gasteiger partial charge is 0.317 e. The summed E-state index contributed by atoms with van der Waals surface area (Å²) < 4.78 is 0. The summed E-state index contributed by atoms with van der Waals surface area (Å²) >= 11 is 0. The van der Waals surface area contributed by atoms with E-state index in [1.165, 1.54) is 0 Å². The Morgan fingerprint density at radius 2 is 1.95 bits per heavy atom. The van der Waals surface area contributed by atoms with Crippen LogP contribution in [0, 0.1) is 35.0 Å². The Morgan fingerprint density at radius 1 is 1.27 bits per heavy atom. The number of carboxylic acids is 1. The molecule has 0 spiro atoms. The van der Waals surface area contributed by atoms with Gasteiger partial charge in [0.05, 0.1) is 12.0 Å². The molecule has 122 valence electrons. The number of amides is 2. The standard InChI is InChI=1S/C16H25N3O3/c1-11-6-14(15(20)21)10-19(9-11)16(22)18-8-13-4-2-12(7-17)3-5-13/h11-14H,2-6,8-10H2,1H3,(H,18,22)(H,20,21). The Morgan fingerprint density at radius 3 is 2.55 bits per heavy atom. The van der Waals surface area contributed by atoms with Gasteiger partial charge in [-0.05, 0) is 43.9 Å². The number of hydrogen-bond acceptors (Lipinski definition) is 3. The van der Waals surface area contributed by atoms with Crippen LogP contribution >= 0.6 is 0 Å². The van der Waals surface area contributed by atoms with Crippen molar-refractivity contribution in [3.63, 3.8) is 0 Å². The van der Waals surface area contributed by atoms with Gasteiger partial charge in [0.25, 0.3) is 0 Å². The molecule has 6 nitrogen and oxygen atoms in total. The lowest BCUT2D eigenvalue weighted by molar-refractivity contribution is -0.143. The zero-order chi connectivity index (χ0) is 16.1. The second-order valence-electron chi connectivity index (χ2n) is 6.81. The molecule has 0 bridgehead atoms. The molecular weight excluding hydrogens is 282 g/mol. The number of nitrogens with zero attached hydrogens (tertiary/aromatic N) is 2. The second-order valence-corrected chi connectivity index (χ2v) is 6.81. The predicted octanol–water partition coefficient (Wildman–Crippen LogP) is 2.07. The highest BCUT2D eigenvalue weighted by molar-refractivity contribution is 5.76. The van der Waals surface area contributed by atoms with E-state index in [1.54, 1.807) is 4.90 Å². The zero-order valence-electron chi connectivity index (χ0n) is 13.1. The van der Waals surface area contributed by atoms with Crippen molar-refractivity contribution < 1.29 is 14.7 Å². The van der Waals surface area contributed by atoms with Crippen LogP contribution in [-0.2, 0) is 4.79 Å². The van der Waals surface area contributed by atoms with E-state index in [4.69, 9.17) is 10.4 Å². The Hall–Kier alpha value is -1.77. The Balaban J connectivity index is 1.77. The van der Waals surface area contributed by atoms with Crippen molar-refractivity contribution in [3.8, 4) is 6.07 Å². The molecule has 2 amide bonds. The van der Waals surface area contributed by atoms with Crippen LogP contribution in [0.15, 0.2) is 0 Å². The summed E-state index contributed by atoms with van der Waals surface area (Å²) in [7, 11) is 0. The number of carbonyl (C=O) groups excluding carboxylic acids is 1. The molecule has 2 fully saturated rings. The van der Waals surface area contributed by atoms with Crippen LogP contribution in [0.1, 0.15) is 39.0 Å². The topological polar surface area (TPSA) is 93.4 Å². The quantitative estimate of drug-likeness (QED) is 0.834. The van der Waals surface area contributed by atoms with Gasteiger partial charge in [-0.25, -0.2) is 4.79 Å². The molecule has 1 aliphatic heterocycles. The third-order valence-corrected chi connectivity index (χ3v) is 4.87. The summed E-state index contributed by atoms with van der Waals surface area (Å²) in [5.74, 6) is -0.455. The maximum atomic E-state index is 12.2. The van der Waals surface area contributed by atoms with E-state index < -0.39 is 11.9 Å². The molecule has 0 radical (unpaired) electrons. The molecular formula is C16H25N3O3. The van der Waals surface area contributed by atoms with Gasteiger partial charge in [0.2, 0.25) is 0 Å². The number of rotatable bonds is 3. The molecule has 0 aromatic carbocycles. The zero-order valence-corrected chi connectivity index (χ0v) is 13.1. The number of carboxylic acid groups (broad SMARTS) is 1. The summed E-state index contributed by atoms with van der Waals surface area (Å²) in [6.45, 7) is 3.53. The van der Waals surface area contributed by atoms with E-state index in [2.05, 4.69) is 11.4 Å². The molecule has 0 aromatic rings. The van der Waals surface area contributed by atoms with Crippen molar-refractivity contribution >= 4 is 12.0 Å². The molecule has 2 rings (SSSR count). The molecule has 1 heterocycles. The first kappa shape index (κ1) is 16.6. The average molecular weight is 307 g/mol. The number of likely N-dealkylation sites (tertiary alicyclic amines) is 1. The van der Waals surface area contributed by atoms with Crippen molar-refractivity contribution in [2.75, 3.05) is 19.6 Å². The molecule has 22 heavy (non-hydrogen) atoms. The first-order valence-corrected chi connectivity index (χ1v) is 8.14. The number of piperidine rings is 1. The molecule has 2 aliphatic rings. The average Bonchev–Trinajstić information content (AvgIpc) is 2.52. The van der Waals surface area contributed by atoms with E-state index >= 15 is 0 Å². The summed E-state index contributed by atoms with van der Waals surface area (Å²) in [4.78, 5) is 25.0. The molecule has 2 unspecified atom stereocenters. The fraction of sp³-hybridized carbons (Fsp3) is 0.812. The lowest BCUT2D eigenvalue weighted by atomic mass is 9.83. The largest absolute Gasteiger partial charge is 0.481 e. The van der Waals surface area contributed by atoms with Gasteiger partial charge in [0.1, 0.15) is 0 Å². The van der Waals surface area contributed by atoms with Crippen LogP contribution in [0.5, 0.6) is 0 Å². The van der Waals surface area contributed by atoms with Gasteiger partial charge in [0, 0.05) is 25.6 Å². The van der Waals surface area contributed by atoms with Gasteiger partial charge in [-0.1, -0.05) is 6.92 Å². The van der Waals surface area contributed by atoms with Crippen LogP contribution in [0.3, 0.4) is 0 Å². The second kappa shape index (κ2) is 7.48. The van der Waals surface area contributed by atoms with Gasteiger partial charge in [-0.3, -0.25) is 4.79 Å². The highest BCUT2D eigenvalue weighted by Gasteiger charge is 2.32. The lowest BCUT2D eigenvalue weighted by Gasteiger charge is -2.35. The summed E-state index contributed by atoms with van der Waals surface area (Å²) in [5.41, 5.74) is 0. The van der Waals surface area contributed by atoms with Gasteiger partial charge in [-0.15, -0.1) is 0 Å². The minimum atomic E-state index is -0.820. The van der Waals surface area contributed by atoms with Gasteiger partial charge >= 0.3 is 12.0 Å². The highest BCUT2D eigenvalue weighted by Crippen LogP contribution is 2.28. The Labute approximate surface area is 131 Å². The lowest BCUT2D eigenvalue weighted by Crippen LogP contribution is -2.50. The van der Waals surface area contributed by atoms with Gasteiger partial charge in [-0.2, -0.15) is 5.26 Å². The maximum Gasteiger partial charge on any atom is 0.317 e. The molecule has 0 aromatic heterocycles. The Bertz CT molecular complexity index is 452. The van der Waals surface area contributed by atoms with Crippen molar-refractivity contribution in [1.29, 1.82) is 5.26 Å². The fourth-order valence-electron chi connectivity index (χ4n) is 3.54. The molecule has 1 aliphatic carbocycles. The molecule has 2 atom stereocenters. The monoisotopic (exact) mass is 307 g/mol. The van der Waals surface area contributed by atoms with Crippen LogP contribution in [-0.4, -0.2) is 41.6 Å². The van der Waals surface area contributed by atoms with Gasteiger partial charge in [0.15, 0.2) is 0 Å². The van der Waals surface area contributed by atoms with Crippen LogP contribution < -0.4 is 5.32 Å². The summed E-state index contributed by atoms with van der Waals surface area (Å²) in [5, 5.41) is 21.0. The summed E-state index contributed by atoms with van der Waals surface area (Å²) in [6.07, 6.45) is 4.42. The molecule has 1 saturated carbocycles. The first-order chi connectivity index (χ1) is 10.5. The highest BCUT2D eigenvalue weighted by atomic mass is 16.4. The van der Waals surface area contributed by atoms with Crippen LogP contribution in [0.25, 0.3) is 0 Å². The van der Waals surface area contributed by atoms with Gasteiger partial charge < -0.3 is 15.3 Å². The SMILES string of the molecule is CC1CC(C(=O)O)CN(C(=O)NCC2CCC(C#N)CC2)C1. The Kier molecular flexibility index (Phi) is 5.64. The van der Waals surface area contributed by atoms with Crippen molar-refractivity contribution in [2.45, 2.75) is 39.0 Å². The first-order valence-electron chi connectivity index (χ1n) is 8.14. The van der Waals surface area contributed by atoms with Crippen molar-refractivity contribution in [3.05, 3.63) is 0 Å². The number of carbonyl (C=O) groups is 2. The number of nitrogens with one attached hydrogen (secondary N) is 1. The summed E-state index contributed by atoms with van der Waals surface area (Å²) in [6, 6.07) is 2.16. The van der Waals surface area contributed by atoms with Crippen molar-refractivity contribution in [1.82, 2.24) is 10.2 Å². The van der Waals surface area contributed by atoms with Crippen LogP contribution in [0.4, 0.5) is 4.79 Å². The van der Waals surface area contributed by atoms with E-state index in [0.717, 1.165) is 25.7 Å². The molecule has 2 N–H and O–H groups in total. The fourth-order valence-corrected chi connectivity index (χ4v) is 3.54. The van der Waals surface area contributed by atoms with E-state index in [0.29, 0.717) is 32.0 Å². The molecule has 6 heteroatoms. The predicted molar refractivity (Wildman–Crippen MR) is 80.9 cm³/mol. The van der Waals surface area contributed by atoms with Crippen molar-refractivity contribution in [2.24, 2.45) is 23.7 Å². The third kappa shape index (κ3) is 4.36. The minimum Gasteiger partial charge on any atom is -0.481 e. The number of urea groups is 1. The van der Waals surface area contributed by atoms with Crippen LogP contribution in [0.2, 0.25) is 0 Å². The number of nitriles is 1. The van der Waals surface area contributed by atoms with E-state index in [9.17, 15) is 9.59 Å². The van der Waals surface area contributed by atoms with E-state index in [1.807, 2.05) is 6.92 Å². The minimum absolute atomic E-state index is 0.153. The van der Waals surface area contributed by atoms with E-state index in [-0.39, 0.29) is 17.9 Å². The third-order valence-electron chi connectivity index (χ3n) is 4.87. The normalized spacial score (nSPS) is 32.1. The number of hydrogen-bond donors (Lipinski definition) is 2. The number of aliphatic carboxylic acids is 1. The molecule has 1 saturated heterocycles.